The number of nitrogens with zero attached hydrogens (tertiary/aromatic N) is 1. The Kier molecular flexibility index (Phi) is 5.00. The van der Waals surface area contributed by atoms with Crippen LogP contribution in [0.1, 0.15) is 32.6 Å². The van der Waals surface area contributed by atoms with Crippen molar-refractivity contribution < 1.29 is 9.53 Å². The number of fused-ring (bicyclic) bond motifs is 2. The number of carbonyl (C=O) groups is 1. The van der Waals surface area contributed by atoms with Gasteiger partial charge in [-0.1, -0.05) is 11.6 Å². The number of halogens is 1. The highest BCUT2D eigenvalue weighted by Crippen LogP contribution is 2.36. The molecule has 2 saturated heterocycles. The summed E-state index contributed by atoms with van der Waals surface area (Å²) in [4.78, 5) is 15.8. The molecule has 0 radical (unpaired) electrons. The molecule has 3 rings (SSSR count). The minimum atomic E-state index is -0.196. The molecule has 1 aromatic rings. The van der Waals surface area contributed by atoms with Crippen molar-refractivity contribution in [3.63, 3.8) is 0 Å². The Hall–Kier alpha value is -0.710. The van der Waals surface area contributed by atoms with Crippen LogP contribution in [0.15, 0.2) is 29.2 Å². The van der Waals surface area contributed by atoms with Gasteiger partial charge in [0.2, 0.25) is 0 Å². The highest BCUT2D eigenvalue weighted by Gasteiger charge is 2.40. The van der Waals surface area contributed by atoms with Crippen LogP contribution in [0.2, 0.25) is 5.02 Å². The molecule has 5 heteroatoms. The lowest BCUT2D eigenvalue weighted by Gasteiger charge is -2.36. The Balaban J connectivity index is 1.52. The standard InChI is InChI=1S/C17H22ClNO2S/c1-11(22-16-7-3-12(18)4-8-16)17(20)21-15-9-13-5-6-14(10-15)19(13)2/h3-4,7-8,11,13-15H,5-6,9-10H2,1-2H3/t11-,13-,14+,15?/m0/s1. The van der Waals surface area contributed by atoms with E-state index in [1.54, 1.807) is 0 Å². The summed E-state index contributed by atoms with van der Waals surface area (Å²) in [5.74, 6) is -0.103. The van der Waals surface area contributed by atoms with Crippen LogP contribution < -0.4 is 0 Å². The van der Waals surface area contributed by atoms with Gasteiger partial charge in [0.05, 0.1) is 0 Å². The lowest BCUT2D eigenvalue weighted by atomic mass is 10.0. The number of thioether (sulfide) groups is 1. The van der Waals surface area contributed by atoms with Crippen molar-refractivity contribution in [1.82, 2.24) is 4.90 Å². The predicted molar refractivity (Wildman–Crippen MR) is 90.5 cm³/mol. The molecule has 0 aromatic heterocycles. The van der Waals surface area contributed by atoms with Crippen molar-refractivity contribution in [3.8, 4) is 0 Å². The summed E-state index contributed by atoms with van der Waals surface area (Å²) in [6.45, 7) is 1.91. The molecule has 0 saturated carbocycles. The molecule has 1 unspecified atom stereocenters. The second kappa shape index (κ2) is 6.81. The average molecular weight is 340 g/mol. The van der Waals surface area contributed by atoms with Crippen molar-refractivity contribution >= 4 is 29.3 Å². The zero-order valence-corrected chi connectivity index (χ0v) is 14.6. The molecule has 0 amide bonds. The molecule has 22 heavy (non-hydrogen) atoms. The van der Waals surface area contributed by atoms with Crippen molar-refractivity contribution in [2.45, 2.75) is 60.9 Å². The Morgan fingerprint density at radius 1 is 1.27 bits per heavy atom. The van der Waals surface area contributed by atoms with Gasteiger partial charge >= 0.3 is 5.97 Å². The van der Waals surface area contributed by atoms with Gasteiger partial charge in [-0.25, -0.2) is 0 Å². The molecular formula is C17H22ClNO2S. The van der Waals surface area contributed by atoms with Crippen molar-refractivity contribution in [3.05, 3.63) is 29.3 Å². The first-order valence-electron chi connectivity index (χ1n) is 7.87. The van der Waals surface area contributed by atoms with E-state index in [1.165, 1.54) is 24.6 Å². The molecule has 3 nitrogen and oxygen atoms in total. The maximum absolute atomic E-state index is 12.3. The SMILES string of the molecule is C[C@H](Sc1ccc(Cl)cc1)C(=O)OC1C[C@H]2CC[C@@H](C1)N2C. The van der Waals surface area contributed by atoms with Crippen LogP contribution in [-0.2, 0) is 9.53 Å². The molecule has 2 bridgehead atoms. The number of rotatable bonds is 4. The van der Waals surface area contributed by atoms with Crippen LogP contribution in [0.3, 0.4) is 0 Å². The van der Waals surface area contributed by atoms with Gasteiger partial charge in [-0.3, -0.25) is 4.79 Å². The third kappa shape index (κ3) is 3.61. The molecule has 0 N–H and O–H groups in total. The number of carbonyl (C=O) groups excluding carboxylic acids is 1. The molecule has 0 spiro atoms. The topological polar surface area (TPSA) is 29.5 Å². The molecule has 2 fully saturated rings. The van der Waals surface area contributed by atoms with E-state index in [4.69, 9.17) is 16.3 Å². The van der Waals surface area contributed by atoms with Crippen LogP contribution in [0.5, 0.6) is 0 Å². The van der Waals surface area contributed by atoms with Crippen molar-refractivity contribution in [2.24, 2.45) is 0 Å². The van der Waals surface area contributed by atoms with Gasteiger partial charge in [0.25, 0.3) is 0 Å². The van der Waals surface area contributed by atoms with Gasteiger partial charge < -0.3 is 9.64 Å². The second-order valence-corrected chi connectivity index (χ2v) is 8.15. The van der Waals surface area contributed by atoms with E-state index in [2.05, 4.69) is 11.9 Å². The minimum absolute atomic E-state index is 0.0921. The lowest BCUT2D eigenvalue weighted by Crippen LogP contribution is -2.44. The summed E-state index contributed by atoms with van der Waals surface area (Å²) in [5.41, 5.74) is 0. The van der Waals surface area contributed by atoms with Gasteiger partial charge in [-0.2, -0.15) is 0 Å². The first-order chi connectivity index (χ1) is 10.5. The van der Waals surface area contributed by atoms with Gasteiger partial charge in [-0.05, 0) is 63.9 Å². The number of benzene rings is 1. The van der Waals surface area contributed by atoms with Crippen LogP contribution in [0.4, 0.5) is 0 Å². The highest BCUT2D eigenvalue weighted by molar-refractivity contribution is 8.00. The Morgan fingerprint density at radius 2 is 1.86 bits per heavy atom. The third-order valence-corrected chi connectivity index (χ3v) is 6.14. The van der Waals surface area contributed by atoms with Gasteiger partial charge in [0.1, 0.15) is 11.4 Å². The van der Waals surface area contributed by atoms with Crippen LogP contribution in [0, 0.1) is 0 Å². The Morgan fingerprint density at radius 3 is 2.45 bits per heavy atom. The summed E-state index contributed by atoms with van der Waals surface area (Å²) in [7, 11) is 2.19. The third-order valence-electron chi connectivity index (χ3n) is 4.80. The lowest BCUT2D eigenvalue weighted by molar-refractivity contribution is -0.151. The fourth-order valence-electron chi connectivity index (χ4n) is 3.48. The summed E-state index contributed by atoms with van der Waals surface area (Å²) < 4.78 is 5.77. The van der Waals surface area contributed by atoms with Gasteiger partial charge in [0.15, 0.2) is 0 Å². The van der Waals surface area contributed by atoms with Gasteiger partial charge in [0, 0.05) is 22.0 Å². The van der Waals surface area contributed by atoms with Crippen molar-refractivity contribution in [1.29, 1.82) is 0 Å². The van der Waals surface area contributed by atoms with E-state index in [9.17, 15) is 4.79 Å². The zero-order chi connectivity index (χ0) is 15.7. The van der Waals surface area contributed by atoms with E-state index in [0.717, 1.165) is 17.7 Å². The Labute approximate surface area is 141 Å². The van der Waals surface area contributed by atoms with E-state index < -0.39 is 0 Å². The zero-order valence-electron chi connectivity index (χ0n) is 13.0. The smallest absolute Gasteiger partial charge is 0.319 e. The molecule has 4 atom stereocenters. The molecule has 0 aliphatic carbocycles. The fourth-order valence-corrected chi connectivity index (χ4v) is 4.46. The quantitative estimate of drug-likeness (QED) is 0.613. The van der Waals surface area contributed by atoms with E-state index in [-0.39, 0.29) is 17.3 Å². The van der Waals surface area contributed by atoms with E-state index in [0.29, 0.717) is 17.1 Å². The fraction of sp³-hybridized carbons (Fsp3) is 0.588. The maximum Gasteiger partial charge on any atom is 0.319 e. The predicted octanol–water partition coefficient (Wildman–Crippen LogP) is 3.99. The first-order valence-corrected chi connectivity index (χ1v) is 9.13. The largest absolute Gasteiger partial charge is 0.461 e. The Bertz CT molecular complexity index is 522. The van der Waals surface area contributed by atoms with Crippen LogP contribution in [0.25, 0.3) is 0 Å². The molecular weight excluding hydrogens is 318 g/mol. The van der Waals surface area contributed by atoms with Crippen LogP contribution >= 0.6 is 23.4 Å². The molecule has 2 aliphatic heterocycles. The summed E-state index contributed by atoms with van der Waals surface area (Å²) in [6.07, 6.45) is 4.54. The maximum atomic E-state index is 12.3. The van der Waals surface area contributed by atoms with Crippen LogP contribution in [-0.4, -0.2) is 41.4 Å². The number of piperidine rings is 1. The summed E-state index contributed by atoms with van der Waals surface area (Å²) >= 11 is 7.40. The molecule has 1 aromatic carbocycles. The molecule has 2 aliphatic rings. The molecule has 120 valence electrons. The average Bonchev–Trinajstić information content (AvgIpc) is 2.72. The number of esters is 1. The second-order valence-electron chi connectivity index (χ2n) is 6.29. The van der Waals surface area contributed by atoms with E-state index >= 15 is 0 Å². The highest BCUT2D eigenvalue weighted by atomic mass is 35.5. The van der Waals surface area contributed by atoms with E-state index in [1.807, 2.05) is 31.2 Å². The monoisotopic (exact) mass is 339 g/mol. The van der Waals surface area contributed by atoms with Gasteiger partial charge in [-0.15, -0.1) is 11.8 Å². The normalized spacial score (nSPS) is 29.3. The summed E-state index contributed by atoms with van der Waals surface area (Å²) in [5, 5.41) is 0.514. The number of hydrogen-bond donors (Lipinski definition) is 0. The number of ether oxygens (including phenoxy) is 1. The minimum Gasteiger partial charge on any atom is -0.461 e. The first kappa shape index (κ1) is 16.2. The summed E-state index contributed by atoms with van der Waals surface area (Å²) in [6, 6.07) is 8.75. The number of hydrogen-bond acceptors (Lipinski definition) is 4. The molecule has 2 heterocycles. The van der Waals surface area contributed by atoms with Crippen molar-refractivity contribution in [2.75, 3.05) is 7.05 Å².